The van der Waals surface area contributed by atoms with Crippen LogP contribution in [0.5, 0.6) is 0 Å². The average Bonchev–Trinajstić information content (AvgIpc) is 3.31. The van der Waals surface area contributed by atoms with E-state index in [9.17, 15) is 14.7 Å². The van der Waals surface area contributed by atoms with E-state index in [4.69, 9.17) is 16.4 Å². The average molecular weight is 599 g/mol. The number of fused-ring (bicyclic) bond motifs is 3. The van der Waals surface area contributed by atoms with E-state index in [1.807, 2.05) is 85.8 Å². The first-order valence-corrected chi connectivity index (χ1v) is 15.1. The highest BCUT2D eigenvalue weighted by Crippen LogP contribution is 2.34. The number of carbonyl (C=O) groups is 2. The first kappa shape index (κ1) is 29.6. The molecule has 5 aromatic rings. The van der Waals surface area contributed by atoms with Gasteiger partial charge in [0.2, 0.25) is 5.78 Å². The molecular formula is C34H31ClN2O4S. The van der Waals surface area contributed by atoms with Crippen LogP contribution in [0, 0.1) is 6.92 Å². The minimum Gasteiger partial charge on any atom is -0.384 e. The van der Waals surface area contributed by atoms with Gasteiger partial charge >= 0.3 is 5.97 Å². The SMILES string of the molecule is CCn1c2ccc(C(=O)/C(CCSc3ccc(Cl)cc3)=N/OC(C)=O)cc2c2cc(C(O)c3ccccc3C)ccc21. The van der Waals surface area contributed by atoms with Gasteiger partial charge in [-0.2, -0.15) is 0 Å². The van der Waals surface area contributed by atoms with Crippen LogP contribution in [0.2, 0.25) is 5.02 Å². The van der Waals surface area contributed by atoms with Crippen molar-refractivity contribution in [1.82, 2.24) is 4.57 Å². The number of halogens is 1. The number of aliphatic hydroxyl groups is 1. The van der Waals surface area contributed by atoms with E-state index in [-0.39, 0.29) is 11.5 Å². The van der Waals surface area contributed by atoms with Gasteiger partial charge in [-0.1, -0.05) is 47.1 Å². The summed E-state index contributed by atoms with van der Waals surface area (Å²) in [5.74, 6) is -0.333. The Morgan fingerprint density at radius 3 is 2.36 bits per heavy atom. The molecule has 1 atom stereocenters. The van der Waals surface area contributed by atoms with Crippen LogP contribution in [-0.4, -0.2) is 32.9 Å². The monoisotopic (exact) mass is 598 g/mol. The van der Waals surface area contributed by atoms with E-state index in [2.05, 4.69) is 16.6 Å². The van der Waals surface area contributed by atoms with Gasteiger partial charge in [0.1, 0.15) is 11.8 Å². The van der Waals surface area contributed by atoms with Gasteiger partial charge in [0.15, 0.2) is 0 Å². The highest BCUT2D eigenvalue weighted by molar-refractivity contribution is 7.99. The Labute approximate surface area is 253 Å². The van der Waals surface area contributed by atoms with Gasteiger partial charge in [-0.25, -0.2) is 4.79 Å². The summed E-state index contributed by atoms with van der Waals surface area (Å²) in [4.78, 5) is 31.1. The molecule has 6 nitrogen and oxygen atoms in total. The second kappa shape index (κ2) is 12.9. The number of hydrogen-bond acceptors (Lipinski definition) is 6. The fraction of sp³-hybridized carbons (Fsp3) is 0.206. The summed E-state index contributed by atoms with van der Waals surface area (Å²) in [5, 5.41) is 17.7. The topological polar surface area (TPSA) is 80.9 Å². The van der Waals surface area contributed by atoms with Crippen LogP contribution in [0.4, 0.5) is 0 Å². The molecule has 5 rings (SSSR count). The normalized spacial score (nSPS) is 12.5. The number of aryl methyl sites for hydroxylation is 2. The zero-order valence-electron chi connectivity index (χ0n) is 23.6. The van der Waals surface area contributed by atoms with Gasteiger partial charge in [0, 0.05) is 62.9 Å². The standard InChI is InChI=1S/C34H31ClN2O4S/c1-4-37-31-15-9-23(33(39)27-8-6-5-7-21(27)2)19-28(31)29-20-24(10-16-32(29)37)34(40)30(36-41-22(3)38)17-18-42-26-13-11-25(35)12-14-26/h5-16,19-20,33,39H,4,17-18H2,1-3H3/b36-30+. The van der Waals surface area contributed by atoms with Crippen molar-refractivity contribution in [2.45, 2.75) is 44.7 Å². The summed E-state index contributed by atoms with van der Waals surface area (Å²) >= 11 is 7.55. The quantitative estimate of drug-likeness (QED) is 0.0577. The number of aliphatic hydroxyl groups excluding tert-OH is 1. The van der Waals surface area contributed by atoms with Crippen molar-refractivity contribution in [3.8, 4) is 0 Å². The van der Waals surface area contributed by atoms with Crippen LogP contribution in [0.25, 0.3) is 21.8 Å². The number of rotatable bonds is 10. The minimum absolute atomic E-state index is 0.168. The van der Waals surface area contributed by atoms with Crippen molar-refractivity contribution in [1.29, 1.82) is 0 Å². The van der Waals surface area contributed by atoms with Gasteiger partial charge < -0.3 is 14.5 Å². The summed E-state index contributed by atoms with van der Waals surface area (Å²) in [6.45, 7) is 6.06. The molecule has 0 saturated carbocycles. The lowest BCUT2D eigenvalue weighted by molar-refractivity contribution is -0.140. The largest absolute Gasteiger partial charge is 0.384 e. The molecule has 0 bridgehead atoms. The Morgan fingerprint density at radius 1 is 0.976 bits per heavy atom. The number of aromatic nitrogens is 1. The molecule has 42 heavy (non-hydrogen) atoms. The number of ketones is 1. The van der Waals surface area contributed by atoms with Gasteiger partial charge in [-0.05, 0) is 85.1 Å². The molecule has 1 heterocycles. The molecule has 1 N–H and O–H groups in total. The predicted octanol–water partition coefficient (Wildman–Crippen LogP) is 8.14. The Balaban J connectivity index is 1.50. The molecule has 0 aliphatic heterocycles. The molecule has 1 unspecified atom stereocenters. The first-order valence-electron chi connectivity index (χ1n) is 13.7. The van der Waals surface area contributed by atoms with E-state index in [1.54, 1.807) is 17.8 Å². The molecule has 0 amide bonds. The van der Waals surface area contributed by atoms with E-state index in [0.717, 1.165) is 49.9 Å². The molecule has 0 aliphatic carbocycles. The molecule has 0 saturated heterocycles. The number of benzene rings is 4. The lowest BCUT2D eigenvalue weighted by Gasteiger charge is -2.14. The number of nitrogens with zero attached hydrogens (tertiary/aromatic N) is 2. The molecular weight excluding hydrogens is 568 g/mol. The zero-order chi connectivity index (χ0) is 29.8. The summed E-state index contributed by atoms with van der Waals surface area (Å²) in [6.07, 6.45) is -0.470. The van der Waals surface area contributed by atoms with Crippen molar-refractivity contribution in [2.75, 3.05) is 5.75 Å². The Bertz CT molecular complexity index is 1810. The molecule has 0 fully saturated rings. The smallest absolute Gasteiger partial charge is 0.331 e. The van der Waals surface area contributed by atoms with Crippen molar-refractivity contribution in [3.05, 3.63) is 112 Å². The summed E-state index contributed by atoms with van der Waals surface area (Å²) in [5.41, 5.74) is 5.28. The van der Waals surface area contributed by atoms with Crippen molar-refractivity contribution < 1.29 is 19.5 Å². The first-order chi connectivity index (χ1) is 20.3. The Hall–Kier alpha value is -3.91. The maximum Gasteiger partial charge on any atom is 0.331 e. The summed E-state index contributed by atoms with van der Waals surface area (Å²) in [6, 6.07) is 26.8. The number of hydrogen-bond donors (Lipinski definition) is 1. The maximum atomic E-state index is 13.7. The predicted molar refractivity (Wildman–Crippen MR) is 171 cm³/mol. The third-order valence-corrected chi connectivity index (χ3v) is 8.50. The Kier molecular flexibility index (Phi) is 9.12. The fourth-order valence-electron chi connectivity index (χ4n) is 5.13. The molecule has 0 aliphatic rings. The molecule has 1 aromatic heterocycles. The highest BCUT2D eigenvalue weighted by atomic mass is 35.5. The number of carbonyl (C=O) groups excluding carboxylic acids is 2. The Morgan fingerprint density at radius 2 is 1.67 bits per heavy atom. The fourth-order valence-corrected chi connectivity index (χ4v) is 6.12. The van der Waals surface area contributed by atoms with Gasteiger partial charge in [0.25, 0.3) is 0 Å². The lowest BCUT2D eigenvalue weighted by Crippen LogP contribution is -2.16. The summed E-state index contributed by atoms with van der Waals surface area (Å²) in [7, 11) is 0. The molecule has 0 radical (unpaired) electrons. The number of oxime groups is 1. The van der Waals surface area contributed by atoms with Crippen LogP contribution in [0.15, 0.2) is 95.0 Å². The summed E-state index contributed by atoms with van der Waals surface area (Å²) < 4.78 is 2.19. The van der Waals surface area contributed by atoms with Crippen molar-refractivity contribution in [3.63, 3.8) is 0 Å². The van der Waals surface area contributed by atoms with Crippen LogP contribution in [0.1, 0.15) is 53.4 Å². The van der Waals surface area contributed by atoms with Crippen LogP contribution < -0.4 is 0 Å². The van der Waals surface area contributed by atoms with E-state index < -0.39 is 12.1 Å². The second-order valence-electron chi connectivity index (χ2n) is 10.0. The van der Waals surface area contributed by atoms with E-state index in [1.165, 1.54) is 6.92 Å². The third-order valence-electron chi connectivity index (χ3n) is 7.23. The second-order valence-corrected chi connectivity index (χ2v) is 11.6. The zero-order valence-corrected chi connectivity index (χ0v) is 25.2. The van der Waals surface area contributed by atoms with Gasteiger partial charge in [0.05, 0.1) is 0 Å². The molecule has 214 valence electrons. The van der Waals surface area contributed by atoms with Crippen LogP contribution >= 0.6 is 23.4 Å². The highest BCUT2D eigenvalue weighted by Gasteiger charge is 2.20. The minimum atomic E-state index is -0.777. The van der Waals surface area contributed by atoms with E-state index >= 15 is 0 Å². The molecule has 0 spiro atoms. The maximum absolute atomic E-state index is 13.7. The van der Waals surface area contributed by atoms with Crippen molar-refractivity contribution >= 4 is 62.6 Å². The number of thioether (sulfide) groups is 1. The van der Waals surface area contributed by atoms with Crippen molar-refractivity contribution in [2.24, 2.45) is 5.16 Å². The number of Topliss-reactive ketones (excluding diaryl/α,β-unsaturated/α-hetero) is 1. The van der Waals surface area contributed by atoms with Gasteiger partial charge in [-0.3, -0.25) is 4.79 Å². The molecule has 8 heteroatoms. The third kappa shape index (κ3) is 6.28. The lowest BCUT2D eigenvalue weighted by atomic mass is 9.96. The van der Waals surface area contributed by atoms with Crippen LogP contribution in [-0.2, 0) is 16.2 Å². The van der Waals surface area contributed by atoms with E-state index in [0.29, 0.717) is 22.8 Å². The molecule has 4 aromatic carbocycles. The van der Waals surface area contributed by atoms with Gasteiger partial charge in [-0.15, -0.1) is 11.8 Å². The van der Waals surface area contributed by atoms with Crippen LogP contribution in [0.3, 0.4) is 0 Å².